The molecule has 0 atom stereocenters. The molecule has 0 radical (unpaired) electrons. The summed E-state index contributed by atoms with van der Waals surface area (Å²) in [5.41, 5.74) is 0.474. The van der Waals surface area contributed by atoms with E-state index in [1.54, 1.807) is 7.05 Å². The predicted octanol–water partition coefficient (Wildman–Crippen LogP) is 1.89. The van der Waals surface area contributed by atoms with Crippen LogP contribution in [-0.2, 0) is 0 Å². The number of rotatable bonds is 2. The molecule has 0 spiro atoms. The van der Waals surface area contributed by atoms with Crippen LogP contribution in [0.3, 0.4) is 0 Å². The Labute approximate surface area is 83.0 Å². The van der Waals surface area contributed by atoms with Crippen LogP contribution < -0.4 is 5.32 Å². The van der Waals surface area contributed by atoms with Gasteiger partial charge in [0.05, 0.1) is 5.56 Å². The van der Waals surface area contributed by atoms with Gasteiger partial charge in [0.2, 0.25) is 0 Å². The first-order chi connectivity index (χ1) is 5.66. The van der Waals surface area contributed by atoms with Crippen molar-refractivity contribution < 1.29 is 0 Å². The first-order valence-corrected chi connectivity index (χ1v) is 4.26. The van der Waals surface area contributed by atoms with Crippen LogP contribution in [0.2, 0.25) is 5.15 Å². The summed E-state index contributed by atoms with van der Waals surface area (Å²) in [6.45, 7) is 0. The highest BCUT2D eigenvalue weighted by Crippen LogP contribution is 2.21. The zero-order chi connectivity index (χ0) is 9.14. The maximum atomic E-state index is 7.33. The van der Waals surface area contributed by atoms with Crippen molar-refractivity contribution in [2.24, 2.45) is 0 Å². The Kier molecular flexibility index (Phi) is 2.99. The minimum absolute atomic E-state index is 0.164. The number of hydrogen-bond donors (Lipinski definition) is 2. The largest absolute Gasteiger partial charge is 0.372 e. The van der Waals surface area contributed by atoms with Crippen LogP contribution in [0.25, 0.3) is 0 Å². The lowest BCUT2D eigenvalue weighted by Gasteiger charge is -2.05. The van der Waals surface area contributed by atoms with Gasteiger partial charge in [-0.1, -0.05) is 11.6 Å². The Morgan fingerprint density at radius 3 is 2.75 bits per heavy atom. The first kappa shape index (κ1) is 9.41. The molecular formula is C6H6BrClN4. The molecule has 4 nitrogen and oxygen atoms in total. The molecule has 0 aliphatic heterocycles. The lowest BCUT2D eigenvalue weighted by atomic mass is 10.3. The third kappa shape index (κ3) is 1.73. The zero-order valence-electron chi connectivity index (χ0n) is 6.23. The second-order valence-electron chi connectivity index (χ2n) is 1.95. The normalized spacial score (nSPS) is 9.58. The fourth-order valence-corrected chi connectivity index (χ4v) is 1.47. The fraction of sp³-hybridized carbons (Fsp3) is 0.167. The van der Waals surface area contributed by atoms with Gasteiger partial charge >= 0.3 is 0 Å². The number of aromatic nitrogens is 2. The Bertz CT molecular complexity index is 314. The number of anilines is 1. The molecule has 0 amide bonds. The number of halogens is 2. The molecule has 2 N–H and O–H groups in total. The van der Waals surface area contributed by atoms with Crippen molar-refractivity contribution in [3.8, 4) is 0 Å². The molecule has 0 unspecified atom stereocenters. The Morgan fingerprint density at radius 1 is 1.67 bits per heavy atom. The van der Waals surface area contributed by atoms with E-state index in [-0.39, 0.29) is 9.77 Å². The number of nitrogens with one attached hydrogen (secondary N) is 2. The Hall–Kier alpha value is -0.680. The average Bonchev–Trinajstić information content (AvgIpc) is 2.03. The minimum Gasteiger partial charge on any atom is -0.372 e. The van der Waals surface area contributed by atoms with Crippen LogP contribution in [-0.4, -0.2) is 21.6 Å². The van der Waals surface area contributed by atoms with E-state index in [0.717, 1.165) is 0 Å². The summed E-state index contributed by atoms with van der Waals surface area (Å²) < 4.78 is 0.164. The summed E-state index contributed by atoms with van der Waals surface area (Å²) in [6.07, 6.45) is 1.34. The lowest BCUT2D eigenvalue weighted by molar-refractivity contribution is 1.15. The molecule has 0 aliphatic rings. The van der Waals surface area contributed by atoms with Gasteiger partial charge in [-0.3, -0.25) is 5.41 Å². The van der Waals surface area contributed by atoms with Gasteiger partial charge in [-0.25, -0.2) is 9.97 Å². The molecular weight excluding hydrogens is 243 g/mol. The summed E-state index contributed by atoms with van der Waals surface area (Å²) in [7, 11) is 1.71. The van der Waals surface area contributed by atoms with Crippen LogP contribution in [0.1, 0.15) is 5.56 Å². The fourth-order valence-electron chi connectivity index (χ4n) is 0.748. The van der Waals surface area contributed by atoms with Crippen LogP contribution >= 0.6 is 27.5 Å². The molecule has 1 heterocycles. The summed E-state index contributed by atoms with van der Waals surface area (Å²) in [4.78, 5) is 7.65. The number of nitrogens with zero attached hydrogens (tertiary/aromatic N) is 2. The van der Waals surface area contributed by atoms with E-state index in [2.05, 4.69) is 31.2 Å². The quantitative estimate of drug-likeness (QED) is 0.621. The second kappa shape index (κ2) is 3.82. The van der Waals surface area contributed by atoms with Crippen molar-refractivity contribution in [1.29, 1.82) is 5.41 Å². The van der Waals surface area contributed by atoms with Crippen molar-refractivity contribution in [3.63, 3.8) is 0 Å². The lowest BCUT2D eigenvalue weighted by Crippen LogP contribution is -2.03. The third-order valence-corrected chi connectivity index (χ3v) is 1.94. The molecule has 1 rings (SSSR count). The number of hydrogen-bond acceptors (Lipinski definition) is 4. The van der Waals surface area contributed by atoms with E-state index >= 15 is 0 Å². The van der Waals surface area contributed by atoms with Gasteiger partial charge in [-0.05, 0) is 15.9 Å². The average molecular weight is 249 g/mol. The smallest absolute Gasteiger partial charge is 0.144 e. The van der Waals surface area contributed by atoms with Crippen molar-refractivity contribution in [2.75, 3.05) is 12.4 Å². The van der Waals surface area contributed by atoms with Gasteiger partial charge in [0.1, 0.15) is 21.9 Å². The van der Waals surface area contributed by atoms with Crippen LogP contribution in [0.15, 0.2) is 6.33 Å². The van der Waals surface area contributed by atoms with Crippen LogP contribution in [0.4, 0.5) is 5.82 Å². The van der Waals surface area contributed by atoms with E-state index in [1.165, 1.54) is 6.33 Å². The Balaban J connectivity index is 3.29. The van der Waals surface area contributed by atoms with Crippen LogP contribution in [0, 0.1) is 5.41 Å². The van der Waals surface area contributed by atoms with Gasteiger partial charge in [0, 0.05) is 7.05 Å². The van der Waals surface area contributed by atoms with Gasteiger partial charge in [-0.2, -0.15) is 0 Å². The third-order valence-electron chi connectivity index (χ3n) is 1.26. The minimum atomic E-state index is 0.164. The molecule has 0 saturated heterocycles. The SMILES string of the molecule is CNc1ncnc(Cl)c1C(=N)Br. The summed E-state index contributed by atoms with van der Waals surface area (Å²) >= 11 is 8.75. The Morgan fingerprint density at radius 2 is 2.33 bits per heavy atom. The van der Waals surface area contributed by atoms with E-state index in [1.807, 2.05) is 0 Å². The van der Waals surface area contributed by atoms with Gasteiger partial charge in [0.15, 0.2) is 0 Å². The van der Waals surface area contributed by atoms with Crippen molar-refractivity contribution in [1.82, 2.24) is 9.97 Å². The second-order valence-corrected chi connectivity index (χ2v) is 3.10. The first-order valence-electron chi connectivity index (χ1n) is 3.09. The standard InChI is InChI=1S/C6H6BrClN4/c1-10-6-3(4(7)9)5(8)11-2-12-6/h2,9H,1H3,(H,10,11,12). The maximum Gasteiger partial charge on any atom is 0.144 e. The molecule has 1 aromatic heterocycles. The predicted molar refractivity (Wildman–Crippen MR) is 52.3 cm³/mol. The van der Waals surface area contributed by atoms with Gasteiger partial charge < -0.3 is 5.32 Å². The van der Waals surface area contributed by atoms with Crippen molar-refractivity contribution >= 4 is 38.0 Å². The highest BCUT2D eigenvalue weighted by Gasteiger charge is 2.10. The molecule has 12 heavy (non-hydrogen) atoms. The topological polar surface area (TPSA) is 61.7 Å². The monoisotopic (exact) mass is 248 g/mol. The van der Waals surface area contributed by atoms with Crippen LogP contribution in [0.5, 0.6) is 0 Å². The molecule has 0 fully saturated rings. The molecule has 0 bridgehead atoms. The summed E-state index contributed by atoms with van der Waals surface area (Å²) in [5.74, 6) is 0.539. The summed E-state index contributed by atoms with van der Waals surface area (Å²) in [5, 5.41) is 10.4. The highest BCUT2D eigenvalue weighted by atomic mass is 79.9. The van der Waals surface area contributed by atoms with Crippen molar-refractivity contribution in [3.05, 3.63) is 17.0 Å². The molecule has 1 aromatic rings. The summed E-state index contributed by atoms with van der Waals surface area (Å²) in [6, 6.07) is 0. The maximum absolute atomic E-state index is 7.33. The molecule has 64 valence electrons. The van der Waals surface area contributed by atoms with E-state index in [0.29, 0.717) is 11.4 Å². The van der Waals surface area contributed by atoms with Gasteiger partial charge in [0.25, 0.3) is 0 Å². The molecule has 6 heteroatoms. The molecule has 0 aromatic carbocycles. The molecule has 0 saturated carbocycles. The van der Waals surface area contributed by atoms with E-state index in [9.17, 15) is 0 Å². The van der Waals surface area contributed by atoms with Crippen molar-refractivity contribution in [2.45, 2.75) is 0 Å². The van der Waals surface area contributed by atoms with E-state index in [4.69, 9.17) is 17.0 Å². The van der Waals surface area contributed by atoms with Gasteiger partial charge in [-0.15, -0.1) is 0 Å². The molecule has 0 aliphatic carbocycles. The zero-order valence-corrected chi connectivity index (χ0v) is 8.57. The van der Waals surface area contributed by atoms with E-state index < -0.39 is 0 Å². The highest BCUT2D eigenvalue weighted by molar-refractivity contribution is 9.18.